The number of anilines is 1. The van der Waals surface area contributed by atoms with E-state index in [0.717, 1.165) is 67.3 Å². The molecule has 0 spiro atoms. The second-order valence-corrected chi connectivity index (χ2v) is 13.8. The minimum Gasteiger partial charge on any atom is -0.443 e. The Morgan fingerprint density at radius 3 is 2.52 bits per heavy atom. The first kappa shape index (κ1) is 30.2. The van der Waals surface area contributed by atoms with Crippen molar-refractivity contribution >= 4 is 38.6 Å². The van der Waals surface area contributed by atoms with Gasteiger partial charge in [-0.25, -0.2) is 23.1 Å². The topological polar surface area (TPSA) is 123 Å². The van der Waals surface area contributed by atoms with Crippen LogP contribution in [0.3, 0.4) is 0 Å². The summed E-state index contributed by atoms with van der Waals surface area (Å²) in [6.45, 7) is 1.88. The molecule has 0 radical (unpaired) electrons. The highest BCUT2D eigenvalue weighted by Gasteiger charge is 2.29. The number of sulfonamides is 1. The second kappa shape index (κ2) is 12.9. The van der Waals surface area contributed by atoms with Crippen LogP contribution in [0.1, 0.15) is 68.9 Å². The lowest BCUT2D eigenvalue weighted by atomic mass is 9.86. The minimum absolute atomic E-state index is 0.0414. The van der Waals surface area contributed by atoms with E-state index in [4.69, 9.17) is 4.74 Å². The average molecular weight is 596 g/mol. The smallest absolute Gasteiger partial charge is 0.314 e. The second-order valence-electron chi connectivity index (χ2n) is 11.8. The molecular formula is C31H41N5O5S. The van der Waals surface area contributed by atoms with Crippen LogP contribution >= 0.6 is 0 Å². The maximum Gasteiger partial charge on any atom is 0.314 e. The summed E-state index contributed by atoms with van der Waals surface area (Å²) >= 11 is 0. The molecule has 2 aromatic heterocycles. The number of hydrogen-bond donors (Lipinski definition) is 1. The summed E-state index contributed by atoms with van der Waals surface area (Å²) < 4.78 is 33.8. The van der Waals surface area contributed by atoms with Gasteiger partial charge in [-0.15, -0.1) is 0 Å². The van der Waals surface area contributed by atoms with Crippen molar-refractivity contribution in [2.75, 3.05) is 24.7 Å². The van der Waals surface area contributed by atoms with Crippen LogP contribution < -0.4 is 9.62 Å². The van der Waals surface area contributed by atoms with Crippen LogP contribution in [-0.4, -0.2) is 60.6 Å². The van der Waals surface area contributed by atoms with Crippen LogP contribution in [0.2, 0.25) is 0 Å². The molecule has 2 unspecified atom stereocenters. The number of carbonyl (C=O) groups excluding carboxylic acids is 2. The minimum atomic E-state index is -3.21. The normalized spacial score (nSPS) is 21.9. The van der Waals surface area contributed by atoms with E-state index < -0.39 is 15.9 Å². The predicted octanol–water partition coefficient (Wildman–Crippen LogP) is 4.19. The lowest BCUT2D eigenvalue weighted by molar-refractivity contribution is -0.148. The van der Waals surface area contributed by atoms with Gasteiger partial charge in [-0.05, 0) is 82.0 Å². The number of fused-ring (bicyclic) bond motifs is 1. The zero-order chi connectivity index (χ0) is 29.9. The van der Waals surface area contributed by atoms with Gasteiger partial charge in [0.25, 0.3) is 0 Å². The first-order valence-electron chi connectivity index (χ1n) is 14.9. The number of ketones is 1. The van der Waals surface area contributed by atoms with Gasteiger partial charge in [0, 0.05) is 31.6 Å². The van der Waals surface area contributed by atoms with Gasteiger partial charge in [0.1, 0.15) is 23.6 Å². The molecule has 2 atom stereocenters. The lowest BCUT2D eigenvalue weighted by Crippen LogP contribution is -2.38. The van der Waals surface area contributed by atoms with Crippen LogP contribution in [-0.2, 0) is 37.5 Å². The number of carbonyl (C=O) groups is 2. The van der Waals surface area contributed by atoms with E-state index in [2.05, 4.69) is 19.6 Å². The van der Waals surface area contributed by atoms with Crippen molar-refractivity contribution in [2.45, 2.75) is 77.0 Å². The third-order valence-electron chi connectivity index (χ3n) is 9.09. The number of ether oxygens (including phenoxy) is 1. The summed E-state index contributed by atoms with van der Waals surface area (Å²) in [6, 6.07) is 10.1. The number of nitrogens with one attached hydrogen (secondary N) is 1. The number of aromatic nitrogens is 3. The van der Waals surface area contributed by atoms with Crippen LogP contribution in [0.4, 0.5) is 5.82 Å². The maximum absolute atomic E-state index is 12.9. The van der Waals surface area contributed by atoms with E-state index in [1.54, 1.807) is 4.57 Å². The molecule has 42 heavy (non-hydrogen) atoms. The summed E-state index contributed by atoms with van der Waals surface area (Å²) in [7, 11) is 0.274. The Morgan fingerprint density at radius 1 is 1.12 bits per heavy atom. The van der Waals surface area contributed by atoms with Gasteiger partial charge in [0.15, 0.2) is 6.73 Å². The lowest BCUT2D eigenvalue weighted by Gasteiger charge is -2.35. The molecule has 0 bridgehead atoms. The van der Waals surface area contributed by atoms with Crippen molar-refractivity contribution in [3.8, 4) is 0 Å². The van der Waals surface area contributed by atoms with Gasteiger partial charge in [-0.3, -0.25) is 14.2 Å². The molecule has 2 saturated carbocycles. The number of Topliss-reactive ketones (excluding diaryl/α,β-unsaturated/α-hetero) is 1. The largest absolute Gasteiger partial charge is 0.443 e. The van der Waals surface area contributed by atoms with E-state index >= 15 is 0 Å². The summed E-state index contributed by atoms with van der Waals surface area (Å²) in [4.78, 5) is 36.1. The Balaban J connectivity index is 1.18. The standard InChI is InChI=1S/C31H41N5O5S/c1-21(24-11-7-22(8-12-24)17-25-5-4-6-28(25)37)31(38)41-20-36-16-15-27-29(33-19-34-30(27)36)35(3)26-13-9-23(10-14-26)18-42(39,40)32-2/h7-8,11-12,15-16,19,21,23,25-26,32H,4-6,9-10,13-14,17-18,20H2,1-3H3. The van der Waals surface area contributed by atoms with Crippen molar-refractivity contribution in [1.29, 1.82) is 0 Å². The zero-order valence-corrected chi connectivity index (χ0v) is 25.5. The quantitative estimate of drug-likeness (QED) is 0.328. The van der Waals surface area contributed by atoms with Crippen LogP contribution in [0.15, 0.2) is 42.9 Å². The Kier molecular flexibility index (Phi) is 9.27. The molecule has 0 saturated heterocycles. The first-order valence-corrected chi connectivity index (χ1v) is 16.5. The molecule has 2 heterocycles. The molecule has 0 amide bonds. The highest BCUT2D eigenvalue weighted by molar-refractivity contribution is 7.89. The molecule has 226 valence electrons. The van der Waals surface area contributed by atoms with Crippen LogP contribution in [0, 0.1) is 11.8 Å². The number of hydrogen-bond acceptors (Lipinski definition) is 8. The predicted molar refractivity (Wildman–Crippen MR) is 162 cm³/mol. The zero-order valence-electron chi connectivity index (χ0n) is 24.7. The molecular weight excluding hydrogens is 554 g/mol. The van der Waals surface area contributed by atoms with E-state index in [-0.39, 0.29) is 36.3 Å². The molecule has 0 aliphatic heterocycles. The van der Waals surface area contributed by atoms with Gasteiger partial charge in [-0.1, -0.05) is 24.3 Å². The molecule has 2 aliphatic carbocycles. The SMILES string of the molecule is CNS(=O)(=O)CC1CCC(N(C)c2ncnc3c2ccn3COC(=O)C(C)c2ccc(CC3CCCC3=O)cc2)CC1. The Hall–Kier alpha value is -3.31. The van der Waals surface area contributed by atoms with E-state index in [9.17, 15) is 18.0 Å². The molecule has 11 heteroatoms. The molecule has 2 aliphatic rings. The summed E-state index contributed by atoms with van der Waals surface area (Å²) in [5.74, 6) is 0.886. The number of rotatable bonds is 11. The number of esters is 1. The van der Waals surface area contributed by atoms with Crippen LogP contribution in [0.25, 0.3) is 11.0 Å². The summed E-state index contributed by atoms with van der Waals surface area (Å²) in [5.41, 5.74) is 2.68. The van der Waals surface area contributed by atoms with Crippen molar-refractivity contribution in [2.24, 2.45) is 11.8 Å². The fourth-order valence-corrected chi connectivity index (χ4v) is 7.49. The fraction of sp³-hybridized carbons (Fsp3) is 0.548. The fourth-order valence-electron chi connectivity index (χ4n) is 6.37. The number of benzene rings is 1. The summed E-state index contributed by atoms with van der Waals surface area (Å²) in [6.07, 6.45) is 10.3. The third kappa shape index (κ3) is 6.83. The van der Waals surface area contributed by atoms with Crippen molar-refractivity contribution < 1.29 is 22.7 Å². The van der Waals surface area contributed by atoms with Gasteiger partial charge in [-0.2, -0.15) is 0 Å². The van der Waals surface area contributed by atoms with Gasteiger partial charge in [0.2, 0.25) is 10.0 Å². The first-order chi connectivity index (χ1) is 20.1. The van der Waals surface area contributed by atoms with Crippen molar-refractivity contribution in [1.82, 2.24) is 19.3 Å². The summed E-state index contributed by atoms with van der Waals surface area (Å²) in [5, 5.41) is 0.875. The Morgan fingerprint density at radius 2 is 1.86 bits per heavy atom. The Bertz CT molecular complexity index is 1510. The van der Waals surface area contributed by atoms with Crippen molar-refractivity contribution in [3.63, 3.8) is 0 Å². The third-order valence-corrected chi connectivity index (χ3v) is 10.6. The maximum atomic E-state index is 12.9. The average Bonchev–Trinajstić information content (AvgIpc) is 3.61. The van der Waals surface area contributed by atoms with E-state index in [1.165, 1.54) is 13.4 Å². The highest BCUT2D eigenvalue weighted by atomic mass is 32.2. The van der Waals surface area contributed by atoms with E-state index in [1.807, 2.05) is 50.5 Å². The van der Waals surface area contributed by atoms with Gasteiger partial charge < -0.3 is 9.64 Å². The van der Waals surface area contributed by atoms with Gasteiger partial charge in [0.05, 0.1) is 17.1 Å². The number of nitrogens with zero attached hydrogens (tertiary/aromatic N) is 4. The molecule has 10 nitrogen and oxygen atoms in total. The molecule has 2 fully saturated rings. The van der Waals surface area contributed by atoms with Gasteiger partial charge >= 0.3 is 5.97 Å². The molecule has 5 rings (SSSR count). The van der Waals surface area contributed by atoms with Crippen molar-refractivity contribution in [3.05, 3.63) is 54.0 Å². The monoisotopic (exact) mass is 595 g/mol. The van der Waals surface area contributed by atoms with Crippen LogP contribution in [0.5, 0.6) is 0 Å². The molecule has 1 aromatic carbocycles. The Labute approximate surface area is 247 Å². The molecule has 3 aromatic rings. The van der Waals surface area contributed by atoms with E-state index in [0.29, 0.717) is 17.9 Å². The highest BCUT2D eigenvalue weighted by Crippen LogP contribution is 2.33. The molecule has 1 N–H and O–H groups in total.